The molecule has 5 heteroatoms. The molecule has 1 aromatic carbocycles. The summed E-state index contributed by atoms with van der Waals surface area (Å²) in [5.74, 6) is -1.04. The van der Waals surface area contributed by atoms with Crippen LogP contribution in [-0.4, -0.2) is 37.0 Å². The van der Waals surface area contributed by atoms with Crippen molar-refractivity contribution in [3.8, 4) is 0 Å². The molecular formula is C12H16BrF2NO. The highest BCUT2D eigenvalue weighted by atomic mass is 79.9. The summed E-state index contributed by atoms with van der Waals surface area (Å²) in [6, 6.07) is 3.68. The van der Waals surface area contributed by atoms with Crippen LogP contribution in [0.15, 0.2) is 18.2 Å². The van der Waals surface area contributed by atoms with Crippen molar-refractivity contribution in [2.24, 2.45) is 0 Å². The summed E-state index contributed by atoms with van der Waals surface area (Å²) in [4.78, 5) is 2.05. The van der Waals surface area contributed by atoms with Crippen molar-refractivity contribution in [2.45, 2.75) is 6.54 Å². The van der Waals surface area contributed by atoms with E-state index in [1.54, 1.807) is 7.11 Å². The van der Waals surface area contributed by atoms with Crippen LogP contribution < -0.4 is 0 Å². The molecule has 0 heterocycles. The Morgan fingerprint density at radius 2 is 2.06 bits per heavy atom. The van der Waals surface area contributed by atoms with E-state index in [9.17, 15) is 8.78 Å². The molecule has 2 nitrogen and oxygen atoms in total. The van der Waals surface area contributed by atoms with Gasteiger partial charge in [-0.25, -0.2) is 8.78 Å². The van der Waals surface area contributed by atoms with Crippen LogP contribution in [0.25, 0.3) is 0 Å². The van der Waals surface area contributed by atoms with Crippen molar-refractivity contribution < 1.29 is 13.5 Å². The lowest BCUT2D eigenvalue weighted by molar-refractivity contribution is 0.147. The SMILES string of the molecule is COCCN(CCBr)Cc1ccc(F)cc1F. The third-order valence-corrected chi connectivity index (χ3v) is 2.78. The number of alkyl halides is 1. The van der Waals surface area contributed by atoms with E-state index in [4.69, 9.17) is 4.74 Å². The number of ether oxygens (including phenoxy) is 1. The molecular weight excluding hydrogens is 292 g/mol. The van der Waals surface area contributed by atoms with Gasteiger partial charge in [-0.1, -0.05) is 22.0 Å². The van der Waals surface area contributed by atoms with Crippen molar-refractivity contribution in [3.05, 3.63) is 35.4 Å². The molecule has 0 aliphatic heterocycles. The summed E-state index contributed by atoms with van der Waals surface area (Å²) in [5, 5.41) is 0.805. The summed E-state index contributed by atoms with van der Waals surface area (Å²) in [5.41, 5.74) is 0.503. The van der Waals surface area contributed by atoms with Crippen molar-refractivity contribution in [2.75, 3.05) is 32.1 Å². The lowest BCUT2D eigenvalue weighted by Gasteiger charge is -2.21. The molecule has 0 fully saturated rings. The fourth-order valence-corrected chi connectivity index (χ4v) is 2.00. The van der Waals surface area contributed by atoms with Crippen molar-refractivity contribution >= 4 is 15.9 Å². The summed E-state index contributed by atoms with van der Waals surface area (Å²) in [6.07, 6.45) is 0. The number of benzene rings is 1. The van der Waals surface area contributed by atoms with Gasteiger partial charge < -0.3 is 4.74 Å². The standard InChI is InChI=1S/C12H16BrF2NO/c1-17-7-6-16(5-4-13)9-10-2-3-11(14)8-12(10)15/h2-3,8H,4-7,9H2,1H3. The minimum absolute atomic E-state index is 0.459. The third-order valence-electron chi connectivity index (χ3n) is 2.42. The molecule has 0 aromatic heterocycles. The minimum Gasteiger partial charge on any atom is -0.383 e. The molecule has 0 saturated carbocycles. The minimum atomic E-state index is -0.546. The van der Waals surface area contributed by atoms with E-state index in [0.717, 1.165) is 24.5 Å². The number of halogens is 3. The average Bonchev–Trinajstić information content (AvgIpc) is 2.29. The van der Waals surface area contributed by atoms with Crippen molar-refractivity contribution in [1.82, 2.24) is 4.90 Å². The Labute approximate surface area is 109 Å². The molecule has 0 N–H and O–H groups in total. The predicted molar refractivity (Wildman–Crippen MR) is 67.3 cm³/mol. The van der Waals surface area contributed by atoms with E-state index in [2.05, 4.69) is 20.8 Å². The van der Waals surface area contributed by atoms with Crippen LogP contribution in [0.2, 0.25) is 0 Å². The zero-order valence-electron chi connectivity index (χ0n) is 9.76. The molecule has 0 amide bonds. The number of nitrogens with zero attached hydrogens (tertiary/aromatic N) is 1. The Hall–Kier alpha value is -0.520. The highest BCUT2D eigenvalue weighted by Crippen LogP contribution is 2.12. The number of hydrogen-bond acceptors (Lipinski definition) is 2. The van der Waals surface area contributed by atoms with E-state index in [1.807, 2.05) is 0 Å². The van der Waals surface area contributed by atoms with Gasteiger partial charge >= 0.3 is 0 Å². The number of methoxy groups -OCH3 is 1. The maximum atomic E-state index is 13.5. The van der Waals surface area contributed by atoms with Gasteiger partial charge in [-0.2, -0.15) is 0 Å². The van der Waals surface area contributed by atoms with E-state index in [1.165, 1.54) is 12.1 Å². The second-order valence-electron chi connectivity index (χ2n) is 3.69. The van der Waals surface area contributed by atoms with E-state index in [0.29, 0.717) is 18.7 Å². The van der Waals surface area contributed by atoms with Crippen LogP contribution >= 0.6 is 15.9 Å². The van der Waals surface area contributed by atoms with Gasteiger partial charge in [0.2, 0.25) is 0 Å². The molecule has 0 aliphatic carbocycles. The molecule has 0 saturated heterocycles. The molecule has 96 valence electrons. The van der Waals surface area contributed by atoms with Crippen LogP contribution in [0.4, 0.5) is 8.78 Å². The molecule has 17 heavy (non-hydrogen) atoms. The third kappa shape index (κ3) is 5.10. The maximum absolute atomic E-state index is 13.5. The van der Waals surface area contributed by atoms with Crippen LogP contribution in [0, 0.1) is 11.6 Å². The van der Waals surface area contributed by atoms with E-state index >= 15 is 0 Å². The van der Waals surface area contributed by atoms with Crippen LogP contribution in [-0.2, 0) is 11.3 Å². The molecule has 1 aromatic rings. The van der Waals surface area contributed by atoms with Gasteiger partial charge in [0.1, 0.15) is 11.6 Å². The van der Waals surface area contributed by atoms with Crippen molar-refractivity contribution in [3.63, 3.8) is 0 Å². The molecule has 0 radical (unpaired) electrons. The Morgan fingerprint density at radius 3 is 2.65 bits per heavy atom. The molecule has 0 aliphatic rings. The first kappa shape index (κ1) is 14.5. The Morgan fingerprint density at radius 1 is 1.29 bits per heavy atom. The first-order chi connectivity index (χ1) is 8.17. The predicted octanol–water partition coefficient (Wildman–Crippen LogP) is 2.81. The van der Waals surface area contributed by atoms with E-state index < -0.39 is 11.6 Å². The van der Waals surface area contributed by atoms with Gasteiger partial charge in [0.05, 0.1) is 6.61 Å². The highest BCUT2D eigenvalue weighted by Gasteiger charge is 2.09. The monoisotopic (exact) mass is 307 g/mol. The second-order valence-corrected chi connectivity index (χ2v) is 4.49. The quantitative estimate of drug-likeness (QED) is 0.718. The highest BCUT2D eigenvalue weighted by molar-refractivity contribution is 9.09. The summed E-state index contributed by atoms with van der Waals surface area (Å²) >= 11 is 3.35. The van der Waals surface area contributed by atoms with Gasteiger partial charge in [-0.15, -0.1) is 0 Å². The largest absolute Gasteiger partial charge is 0.383 e. The lowest BCUT2D eigenvalue weighted by Crippen LogP contribution is -2.29. The van der Waals surface area contributed by atoms with Gasteiger partial charge in [0, 0.05) is 43.7 Å². The Balaban J connectivity index is 2.64. The first-order valence-electron chi connectivity index (χ1n) is 5.38. The summed E-state index contributed by atoms with van der Waals surface area (Å²) in [7, 11) is 1.63. The normalized spacial score (nSPS) is 11.1. The lowest BCUT2D eigenvalue weighted by atomic mass is 10.2. The van der Waals surface area contributed by atoms with Gasteiger partial charge in [0.25, 0.3) is 0 Å². The molecule has 0 atom stereocenters. The fourth-order valence-electron chi connectivity index (χ4n) is 1.50. The van der Waals surface area contributed by atoms with Crippen molar-refractivity contribution in [1.29, 1.82) is 0 Å². The molecule has 0 spiro atoms. The van der Waals surface area contributed by atoms with Crippen LogP contribution in [0.5, 0.6) is 0 Å². The van der Waals surface area contributed by atoms with Crippen LogP contribution in [0.1, 0.15) is 5.56 Å². The van der Waals surface area contributed by atoms with Crippen LogP contribution in [0.3, 0.4) is 0 Å². The summed E-state index contributed by atoms with van der Waals surface area (Å²) in [6.45, 7) is 2.57. The first-order valence-corrected chi connectivity index (χ1v) is 6.50. The molecule has 0 unspecified atom stereocenters. The zero-order valence-corrected chi connectivity index (χ0v) is 11.3. The molecule has 1 rings (SSSR count). The van der Waals surface area contributed by atoms with Gasteiger partial charge in [-0.05, 0) is 6.07 Å². The number of hydrogen-bond donors (Lipinski definition) is 0. The smallest absolute Gasteiger partial charge is 0.130 e. The van der Waals surface area contributed by atoms with Gasteiger partial charge in [-0.3, -0.25) is 4.90 Å². The topological polar surface area (TPSA) is 12.5 Å². The number of rotatable bonds is 7. The molecule has 0 bridgehead atoms. The zero-order chi connectivity index (χ0) is 12.7. The fraction of sp³-hybridized carbons (Fsp3) is 0.500. The van der Waals surface area contributed by atoms with E-state index in [-0.39, 0.29) is 0 Å². The maximum Gasteiger partial charge on any atom is 0.130 e. The summed E-state index contributed by atoms with van der Waals surface area (Å²) < 4.78 is 31.2. The Bertz CT molecular complexity index is 349. The Kier molecular flexibility index (Phi) is 6.62. The van der Waals surface area contributed by atoms with Gasteiger partial charge in [0.15, 0.2) is 0 Å². The second kappa shape index (κ2) is 7.74. The average molecular weight is 308 g/mol.